The Morgan fingerprint density at radius 1 is 1.26 bits per heavy atom. The van der Waals surface area contributed by atoms with Crippen molar-refractivity contribution in [1.82, 2.24) is 15.1 Å². The Balaban J connectivity index is 1.47. The molecule has 1 aromatic carbocycles. The topological polar surface area (TPSA) is 72.5 Å². The number of ether oxygens (including phenoxy) is 1. The summed E-state index contributed by atoms with van der Waals surface area (Å²) >= 11 is 11.6. The first-order chi connectivity index (χ1) is 14.7. The highest BCUT2D eigenvalue weighted by Gasteiger charge is 2.34. The van der Waals surface area contributed by atoms with Crippen LogP contribution in [0.4, 0.5) is 5.69 Å². The van der Waals surface area contributed by atoms with Gasteiger partial charge in [-0.15, -0.1) is 0 Å². The van der Waals surface area contributed by atoms with Gasteiger partial charge < -0.3 is 14.5 Å². The van der Waals surface area contributed by atoms with E-state index in [-0.39, 0.29) is 12.5 Å². The van der Waals surface area contributed by atoms with Crippen LogP contribution in [0.25, 0.3) is 6.08 Å². The van der Waals surface area contributed by atoms with E-state index >= 15 is 0 Å². The maximum Gasteiger partial charge on any atom is 0.281 e. The molecule has 7 nitrogen and oxygen atoms in total. The monoisotopic (exact) mass is 456 g/mol. The second kappa shape index (κ2) is 8.20. The number of halogens is 1. The van der Waals surface area contributed by atoms with Crippen molar-refractivity contribution >= 4 is 46.6 Å². The zero-order valence-corrected chi connectivity index (χ0v) is 19.1. The first kappa shape index (κ1) is 21.1. The molecular formula is C22H21ClN4O3S. The van der Waals surface area contributed by atoms with E-state index in [4.69, 9.17) is 33.0 Å². The molecule has 3 aromatic rings. The summed E-state index contributed by atoms with van der Waals surface area (Å²) in [5, 5.41) is 8.26. The van der Waals surface area contributed by atoms with Gasteiger partial charge in [0, 0.05) is 24.3 Å². The van der Waals surface area contributed by atoms with Crippen molar-refractivity contribution in [2.75, 3.05) is 4.90 Å². The molecule has 0 bridgehead atoms. The fraction of sp³-hybridized carbons (Fsp3) is 0.227. The van der Waals surface area contributed by atoms with E-state index in [0.29, 0.717) is 33.7 Å². The predicted octanol–water partition coefficient (Wildman–Crippen LogP) is 4.43. The molecule has 1 aliphatic rings. The number of anilines is 1. The molecule has 0 atom stereocenters. The number of hydrogen-bond donors (Lipinski definition) is 1. The van der Waals surface area contributed by atoms with Gasteiger partial charge in [-0.2, -0.15) is 5.10 Å². The minimum Gasteiger partial charge on any atom is -0.486 e. The zero-order valence-electron chi connectivity index (χ0n) is 17.5. The Bertz CT molecular complexity index is 1200. The molecule has 1 amide bonds. The van der Waals surface area contributed by atoms with Crippen molar-refractivity contribution in [3.8, 4) is 5.75 Å². The molecule has 0 radical (unpaired) electrons. The fourth-order valence-electron chi connectivity index (χ4n) is 3.40. The lowest BCUT2D eigenvalue weighted by molar-refractivity contribution is -0.113. The average Bonchev–Trinajstić information content (AvgIpc) is 3.36. The number of aromatic nitrogens is 2. The van der Waals surface area contributed by atoms with E-state index in [1.165, 1.54) is 4.90 Å². The Labute approximate surface area is 190 Å². The molecule has 0 spiro atoms. The summed E-state index contributed by atoms with van der Waals surface area (Å²) in [5.74, 6) is 1.61. The van der Waals surface area contributed by atoms with Crippen LogP contribution in [0.3, 0.4) is 0 Å². The summed E-state index contributed by atoms with van der Waals surface area (Å²) < 4.78 is 13.3. The number of nitrogens with one attached hydrogen (secondary N) is 1. The van der Waals surface area contributed by atoms with E-state index in [9.17, 15) is 4.79 Å². The minimum atomic E-state index is -0.262. The van der Waals surface area contributed by atoms with Crippen LogP contribution in [-0.2, 0) is 18.4 Å². The Morgan fingerprint density at radius 3 is 2.61 bits per heavy atom. The van der Waals surface area contributed by atoms with Crippen LogP contribution in [0.1, 0.15) is 28.3 Å². The van der Waals surface area contributed by atoms with Gasteiger partial charge in [0.15, 0.2) is 5.11 Å². The van der Waals surface area contributed by atoms with Crippen LogP contribution in [0.2, 0.25) is 5.02 Å². The second-order valence-corrected chi connectivity index (χ2v) is 8.13. The Morgan fingerprint density at radius 2 is 1.97 bits per heavy atom. The van der Waals surface area contributed by atoms with Gasteiger partial charge in [-0.1, -0.05) is 11.6 Å². The largest absolute Gasteiger partial charge is 0.486 e. The first-order valence-corrected chi connectivity index (χ1v) is 10.4. The molecular weight excluding hydrogens is 436 g/mol. The highest BCUT2D eigenvalue weighted by molar-refractivity contribution is 7.80. The summed E-state index contributed by atoms with van der Waals surface area (Å²) in [6.45, 7) is 5.96. The lowest BCUT2D eigenvalue weighted by atomic mass is 10.1. The SMILES string of the molecule is Cc1cc(OCc2ccc(/C=C3/NC(=S)N(c4cn(C)nc4C)C3=O)o2)cc(C)c1Cl. The summed E-state index contributed by atoms with van der Waals surface area (Å²) in [4.78, 5) is 14.3. The summed E-state index contributed by atoms with van der Waals surface area (Å²) in [6.07, 6.45) is 3.38. The van der Waals surface area contributed by atoms with Gasteiger partial charge in [0.2, 0.25) is 0 Å². The van der Waals surface area contributed by atoms with Crippen molar-refractivity contribution in [1.29, 1.82) is 0 Å². The number of carbonyl (C=O) groups is 1. The van der Waals surface area contributed by atoms with Crippen LogP contribution in [-0.4, -0.2) is 20.8 Å². The Kier molecular flexibility index (Phi) is 5.60. The van der Waals surface area contributed by atoms with E-state index in [2.05, 4.69) is 10.4 Å². The van der Waals surface area contributed by atoms with Crippen molar-refractivity contribution in [2.24, 2.45) is 7.05 Å². The number of thiocarbonyl (C=S) groups is 1. The van der Waals surface area contributed by atoms with Gasteiger partial charge in [0.1, 0.15) is 29.6 Å². The average molecular weight is 457 g/mol. The lowest BCUT2D eigenvalue weighted by Crippen LogP contribution is -2.30. The zero-order chi connectivity index (χ0) is 22.3. The number of benzene rings is 1. The molecule has 1 saturated heterocycles. The van der Waals surface area contributed by atoms with E-state index < -0.39 is 0 Å². The number of nitrogens with zero attached hydrogens (tertiary/aromatic N) is 3. The number of amides is 1. The quantitative estimate of drug-likeness (QED) is 0.452. The molecule has 160 valence electrons. The fourth-order valence-corrected chi connectivity index (χ4v) is 3.80. The highest BCUT2D eigenvalue weighted by Crippen LogP contribution is 2.27. The third kappa shape index (κ3) is 4.22. The standard InChI is InChI=1S/C22H21ClN4O3S/c1-12-7-17(8-13(2)20(12)23)29-11-16-6-5-15(30-16)9-18-21(28)27(22(31)24-18)19-10-26(4)25-14(19)3/h5-10H,11H2,1-4H3,(H,24,31)/b18-9+. The highest BCUT2D eigenvalue weighted by atomic mass is 35.5. The molecule has 4 rings (SSSR count). The lowest BCUT2D eigenvalue weighted by Gasteiger charge is -2.11. The maximum atomic E-state index is 12.9. The number of carbonyl (C=O) groups excluding carboxylic acids is 1. The molecule has 2 aromatic heterocycles. The molecule has 3 heterocycles. The number of furan rings is 1. The molecule has 0 aliphatic carbocycles. The van der Waals surface area contributed by atoms with Crippen molar-refractivity contribution in [3.63, 3.8) is 0 Å². The van der Waals surface area contributed by atoms with Crippen molar-refractivity contribution in [3.05, 3.63) is 69.5 Å². The van der Waals surface area contributed by atoms with E-state index in [1.54, 1.807) is 30.1 Å². The number of rotatable bonds is 5. The van der Waals surface area contributed by atoms with Crippen LogP contribution in [0, 0.1) is 20.8 Å². The van der Waals surface area contributed by atoms with Crippen LogP contribution in [0.5, 0.6) is 5.75 Å². The minimum absolute atomic E-state index is 0.254. The normalized spacial score (nSPS) is 15.1. The molecule has 0 unspecified atom stereocenters. The smallest absolute Gasteiger partial charge is 0.281 e. The third-order valence-corrected chi connectivity index (χ3v) is 5.75. The summed E-state index contributed by atoms with van der Waals surface area (Å²) in [7, 11) is 1.80. The van der Waals surface area contributed by atoms with Gasteiger partial charge in [-0.05, 0) is 68.4 Å². The molecule has 1 aliphatic heterocycles. The van der Waals surface area contributed by atoms with Gasteiger partial charge in [0.05, 0.1) is 11.4 Å². The second-order valence-electron chi connectivity index (χ2n) is 7.37. The first-order valence-electron chi connectivity index (χ1n) is 9.58. The van der Waals surface area contributed by atoms with Crippen molar-refractivity contribution < 1.29 is 13.9 Å². The van der Waals surface area contributed by atoms with E-state index in [0.717, 1.165) is 21.9 Å². The summed E-state index contributed by atoms with van der Waals surface area (Å²) in [6, 6.07) is 7.36. The maximum absolute atomic E-state index is 12.9. The molecule has 1 N–H and O–H groups in total. The number of aryl methyl sites for hydroxylation is 4. The number of hydrogen-bond acceptors (Lipinski definition) is 5. The van der Waals surface area contributed by atoms with Gasteiger partial charge in [0.25, 0.3) is 5.91 Å². The Hall–Kier alpha value is -3.10. The van der Waals surface area contributed by atoms with Crippen LogP contribution >= 0.6 is 23.8 Å². The van der Waals surface area contributed by atoms with Crippen LogP contribution in [0.15, 0.2) is 40.6 Å². The molecule has 0 saturated carbocycles. The van der Waals surface area contributed by atoms with Gasteiger partial charge >= 0.3 is 0 Å². The third-order valence-electron chi connectivity index (χ3n) is 4.87. The predicted molar refractivity (Wildman–Crippen MR) is 123 cm³/mol. The molecule has 1 fully saturated rings. The van der Waals surface area contributed by atoms with Crippen molar-refractivity contribution in [2.45, 2.75) is 27.4 Å². The molecule has 9 heteroatoms. The molecule has 31 heavy (non-hydrogen) atoms. The van der Waals surface area contributed by atoms with Gasteiger partial charge in [-0.25, -0.2) is 4.90 Å². The van der Waals surface area contributed by atoms with Gasteiger partial charge in [-0.3, -0.25) is 9.48 Å². The summed E-state index contributed by atoms with van der Waals surface area (Å²) in [5.41, 5.74) is 3.61. The van der Waals surface area contributed by atoms with Crippen LogP contribution < -0.4 is 15.0 Å². The van der Waals surface area contributed by atoms with E-state index in [1.807, 2.05) is 39.0 Å².